The Kier molecular flexibility index (Phi) is 6.08. The summed E-state index contributed by atoms with van der Waals surface area (Å²) >= 11 is 3.37. The Morgan fingerprint density at radius 3 is 2.19 bits per heavy atom. The van der Waals surface area contributed by atoms with Crippen molar-refractivity contribution in [3.05, 3.63) is 88.9 Å². The van der Waals surface area contributed by atoms with Crippen LogP contribution in [0.5, 0.6) is 5.75 Å². The number of nitrogens with one attached hydrogen (secondary N) is 1. The van der Waals surface area contributed by atoms with Crippen LogP contribution in [0.1, 0.15) is 18.5 Å². The van der Waals surface area contributed by atoms with Gasteiger partial charge in [0.2, 0.25) is 0 Å². The first kappa shape index (κ1) is 18.2. The monoisotopic (exact) mass is 409 g/mol. The predicted molar refractivity (Wildman–Crippen MR) is 108 cm³/mol. The Morgan fingerprint density at radius 2 is 1.54 bits per heavy atom. The van der Waals surface area contributed by atoms with E-state index in [1.165, 1.54) is 5.56 Å². The van der Waals surface area contributed by atoms with E-state index in [9.17, 15) is 4.79 Å². The third-order valence-electron chi connectivity index (χ3n) is 4.08. The minimum atomic E-state index is -0.146. The van der Waals surface area contributed by atoms with Gasteiger partial charge in [0.05, 0.1) is 6.04 Å². The lowest BCUT2D eigenvalue weighted by molar-refractivity contribution is -0.123. The second kappa shape index (κ2) is 8.68. The molecule has 3 nitrogen and oxygen atoms in total. The number of hydrogen-bond donors (Lipinski definition) is 1. The van der Waals surface area contributed by atoms with Crippen molar-refractivity contribution in [1.82, 2.24) is 5.32 Å². The highest BCUT2D eigenvalue weighted by molar-refractivity contribution is 9.10. The first-order valence-electron chi connectivity index (χ1n) is 8.45. The molecule has 0 radical (unpaired) electrons. The molecule has 0 saturated heterocycles. The summed E-state index contributed by atoms with van der Waals surface area (Å²) in [4.78, 5) is 12.1. The van der Waals surface area contributed by atoms with Gasteiger partial charge < -0.3 is 10.1 Å². The molecule has 0 aromatic heterocycles. The highest BCUT2D eigenvalue weighted by Crippen LogP contribution is 2.22. The lowest BCUT2D eigenvalue weighted by Crippen LogP contribution is -2.31. The molecule has 0 heterocycles. The van der Waals surface area contributed by atoms with Crippen LogP contribution in [-0.2, 0) is 4.79 Å². The Morgan fingerprint density at radius 1 is 0.923 bits per heavy atom. The standard InChI is InChI=1S/C22H20BrNO2/c1-16(24-22(25)15-26-21-13-11-20(23)12-14-21)17-7-9-19(10-8-17)18-5-3-2-4-6-18/h2-14,16H,15H2,1H3,(H,24,25)/t16-/m1/s1. The summed E-state index contributed by atoms with van der Waals surface area (Å²) < 4.78 is 6.48. The number of rotatable bonds is 6. The zero-order chi connectivity index (χ0) is 18.4. The number of benzene rings is 3. The maximum absolute atomic E-state index is 12.1. The van der Waals surface area contributed by atoms with E-state index in [1.807, 2.05) is 61.5 Å². The summed E-state index contributed by atoms with van der Waals surface area (Å²) in [6.45, 7) is 1.96. The van der Waals surface area contributed by atoms with Crippen LogP contribution >= 0.6 is 15.9 Å². The average molecular weight is 410 g/mol. The molecule has 3 aromatic rings. The minimum Gasteiger partial charge on any atom is -0.484 e. The number of halogens is 1. The summed E-state index contributed by atoms with van der Waals surface area (Å²) in [6, 6.07) is 25.8. The van der Waals surface area contributed by atoms with E-state index >= 15 is 0 Å². The van der Waals surface area contributed by atoms with E-state index in [1.54, 1.807) is 0 Å². The van der Waals surface area contributed by atoms with Crippen molar-refractivity contribution in [1.29, 1.82) is 0 Å². The van der Waals surface area contributed by atoms with Crippen LogP contribution in [-0.4, -0.2) is 12.5 Å². The summed E-state index contributed by atoms with van der Waals surface area (Å²) in [5.74, 6) is 0.524. The van der Waals surface area contributed by atoms with Gasteiger partial charge in [0.1, 0.15) is 5.75 Å². The smallest absolute Gasteiger partial charge is 0.258 e. The maximum Gasteiger partial charge on any atom is 0.258 e. The van der Waals surface area contributed by atoms with Gasteiger partial charge in [-0.3, -0.25) is 4.79 Å². The molecule has 0 fully saturated rings. The van der Waals surface area contributed by atoms with Crippen LogP contribution in [0.15, 0.2) is 83.3 Å². The van der Waals surface area contributed by atoms with Crippen LogP contribution in [0.2, 0.25) is 0 Å². The molecule has 1 amide bonds. The number of ether oxygens (including phenoxy) is 1. The van der Waals surface area contributed by atoms with Crippen molar-refractivity contribution >= 4 is 21.8 Å². The van der Waals surface area contributed by atoms with Gasteiger partial charge in [0, 0.05) is 4.47 Å². The number of carbonyl (C=O) groups is 1. The average Bonchev–Trinajstić information content (AvgIpc) is 2.68. The van der Waals surface area contributed by atoms with Gasteiger partial charge in [-0.2, -0.15) is 0 Å². The topological polar surface area (TPSA) is 38.3 Å². The van der Waals surface area contributed by atoms with Gasteiger partial charge in [-0.25, -0.2) is 0 Å². The third-order valence-corrected chi connectivity index (χ3v) is 4.61. The van der Waals surface area contributed by atoms with Crippen LogP contribution in [0.4, 0.5) is 0 Å². The Balaban J connectivity index is 1.54. The van der Waals surface area contributed by atoms with Crippen LogP contribution in [0.3, 0.4) is 0 Å². The third kappa shape index (κ3) is 4.96. The fraction of sp³-hybridized carbons (Fsp3) is 0.136. The molecule has 1 atom stereocenters. The van der Waals surface area contributed by atoms with E-state index in [0.717, 1.165) is 15.6 Å². The summed E-state index contributed by atoms with van der Waals surface area (Å²) in [5, 5.41) is 2.96. The van der Waals surface area contributed by atoms with Crippen LogP contribution in [0, 0.1) is 0 Å². The van der Waals surface area contributed by atoms with E-state index in [2.05, 4.69) is 45.5 Å². The number of carbonyl (C=O) groups excluding carboxylic acids is 1. The Bertz CT molecular complexity index is 846. The first-order valence-corrected chi connectivity index (χ1v) is 9.24. The van der Waals surface area contributed by atoms with Gasteiger partial charge in [-0.15, -0.1) is 0 Å². The number of amides is 1. The molecule has 0 aliphatic heterocycles. The van der Waals surface area contributed by atoms with Crippen molar-refractivity contribution in [2.45, 2.75) is 13.0 Å². The van der Waals surface area contributed by atoms with Crippen molar-refractivity contribution in [2.24, 2.45) is 0 Å². The van der Waals surface area contributed by atoms with Gasteiger partial charge in [-0.1, -0.05) is 70.5 Å². The van der Waals surface area contributed by atoms with Gasteiger partial charge >= 0.3 is 0 Å². The molecule has 3 aromatic carbocycles. The molecular formula is C22H20BrNO2. The highest BCUT2D eigenvalue weighted by Gasteiger charge is 2.10. The summed E-state index contributed by atoms with van der Waals surface area (Å²) in [5.41, 5.74) is 3.40. The largest absolute Gasteiger partial charge is 0.484 e. The van der Waals surface area contributed by atoms with Crippen molar-refractivity contribution in [3.63, 3.8) is 0 Å². The minimum absolute atomic E-state index is 0.00588. The van der Waals surface area contributed by atoms with E-state index in [-0.39, 0.29) is 18.6 Å². The van der Waals surface area contributed by atoms with E-state index in [4.69, 9.17) is 4.74 Å². The zero-order valence-electron chi connectivity index (χ0n) is 14.5. The molecule has 0 aliphatic carbocycles. The second-order valence-electron chi connectivity index (χ2n) is 6.02. The molecule has 4 heteroatoms. The highest BCUT2D eigenvalue weighted by atomic mass is 79.9. The molecule has 0 aliphatic rings. The maximum atomic E-state index is 12.1. The van der Waals surface area contributed by atoms with E-state index in [0.29, 0.717) is 5.75 Å². The molecule has 1 N–H and O–H groups in total. The fourth-order valence-corrected chi connectivity index (χ4v) is 2.91. The quantitative estimate of drug-likeness (QED) is 0.593. The lowest BCUT2D eigenvalue weighted by Gasteiger charge is -2.15. The second-order valence-corrected chi connectivity index (χ2v) is 6.94. The van der Waals surface area contributed by atoms with Gasteiger partial charge in [0.25, 0.3) is 5.91 Å². The predicted octanol–water partition coefficient (Wildman–Crippen LogP) is 5.37. The molecule has 26 heavy (non-hydrogen) atoms. The summed E-state index contributed by atoms with van der Waals surface area (Å²) in [6.07, 6.45) is 0. The molecular weight excluding hydrogens is 390 g/mol. The Labute approximate surface area is 162 Å². The van der Waals surface area contributed by atoms with Crippen molar-refractivity contribution in [2.75, 3.05) is 6.61 Å². The lowest BCUT2D eigenvalue weighted by atomic mass is 10.0. The van der Waals surface area contributed by atoms with Crippen molar-refractivity contribution < 1.29 is 9.53 Å². The van der Waals surface area contributed by atoms with E-state index < -0.39 is 0 Å². The molecule has 0 saturated carbocycles. The zero-order valence-corrected chi connectivity index (χ0v) is 16.1. The number of hydrogen-bond acceptors (Lipinski definition) is 2. The molecule has 0 bridgehead atoms. The SMILES string of the molecule is C[C@@H](NC(=O)COc1ccc(Br)cc1)c1ccc(-c2ccccc2)cc1. The normalized spacial score (nSPS) is 11.6. The molecule has 3 rings (SSSR count). The van der Waals surface area contributed by atoms with Gasteiger partial charge in [0.15, 0.2) is 6.61 Å². The molecule has 132 valence electrons. The summed E-state index contributed by atoms with van der Waals surface area (Å²) in [7, 11) is 0. The van der Waals surface area contributed by atoms with Crippen LogP contribution < -0.4 is 10.1 Å². The molecule has 0 spiro atoms. The van der Waals surface area contributed by atoms with Crippen molar-refractivity contribution in [3.8, 4) is 16.9 Å². The fourth-order valence-electron chi connectivity index (χ4n) is 2.64. The first-order chi connectivity index (χ1) is 12.6. The Hall–Kier alpha value is -2.59. The van der Waals surface area contributed by atoms with Crippen LogP contribution in [0.25, 0.3) is 11.1 Å². The van der Waals surface area contributed by atoms with Gasteiger partial charge in [-0.05, 0) is 47.9 Å². The molecule has 0 unspecified atom stereocenters.